The molecule has 0 amide bonds. The molecule has 0 saturated carbocycles. The minimum atomic E-state index is 1.07. The van der Waals surface area contributed by atoms with Crippen molar-refractivity contribution in [3.05, 3.63) is 6.92 Å². The van der Waals surface area contributed by atoms with E-state index in [0.29, 0.717) is 0 Å². The van der Waals surface area contributed by atoms with Crippen molar-refractivity contribution in [3.8, 4) is 11.8 Å². The first kappa shape index (κ1) is 15.6. The smallest absolute Gasteiger partial charge is 0.00886 e. The fourth-order valence-corrected chi connectivity index (χ4v) is 1.74. The quantitative estimate of drug-likeness (QED) is 0.336. The molecule has 16 heavy (non-hydrogen) atoms. The highest BCUT2D eigenvalue weighted by atomic mass is 13.9. The Hall–Kier alpha value is -0.440. The van der Waals surface area contributed by atoms with Crippen molar-refractivity contribution in [1.82, 2.24) is 0 Å². The lowest BCUT2D eigenvalue weighted by Crippen LogP contribution is -1.78. The summed E-state index contributed by atoms with van der Waals surface area (Å²) in [6, 6.07) is 0. The topological polar surface area (TPSA) is 0 Å². The van der Waals surface area contributed by atoms with Crippen LogP contribution in [0.4, 0.5) is 0 Å². The van der Waals surface area contributed by atoms with Crippen molar-refractivity contribution >= 4 is 0 Å². The summed E-state index contributed by atoms with van der Waals surface area (Å²) >= 11 is 0. The summed E-state index contributed by atoms with van der Waals surface area (Å²) in [5, 5.41) is 0. The fourth-order valence-electron chi connectivity index (χ4n) is 1.74. The summed E-state index contributed by atoms with van der Waals surface area (Å²) in [6.45, 7) is 6.10. The van der Waals surface area contributed by atoms with Crippen LogP contribution in [0.5, 0.6) is 0 Å². The van der Waals surface area contributed by atoms with Crippen LogP contribution < -0.4 is 0 Å². The Kier molecular flexibility index (Phi) is 14.2. The molecule has 0 aliphatic rings. The number of hydrogen-bond donors (Lipinski definition) is 0. The van der Waals surface area contributed by atoms with Crippen LogP contribution in [0.15, 0.2) is 0 Å². The number of hydrogen-bond acceptors (Lipinski definition) is 0. The molecule has 93 valence electrons. The zero-order valence-electron chi connectivity index (χ0n) is 11.2. The first-order valence-electron chi connectivity index (χ1n) is 7.16. The average molecular weight is 221 g/mol. The van der Waals surface area contributed by atoms with Crippen LogP contribution in [0.3, 0.4) is 0 Å². The van der Waals surface area contributed by atoms with Crippen molar-refractivity contribution < 1.29 is 0 Å². The highest BCUT2D eigenvalue weighted by Gasteiger charge is 1.88. The number of rotatable bonds is 10. The molecule has 0 heteroatoms. The van der Waals surface area contributed by atoms with Gasteiger partial charge in [-0.3, -0.25) is 0 Å². The van der Waals surface area contributed by atoms with Gasteiger partial charge in [0.2, 0.25) is 0 Å². The predicted octanol–water partition coefficient (Wildman–Crippen LogP) is 5.52. The summed E-state index contributed by atoms with van der Waals surface area (Å²) in [4.78, 5) is 0. The molecule has 1 radical (unpaired) electrons. The van der Waals surface area contributed by atoms with Crippen LogP contribution in [-0.2, 0) is 0 Å². The van der Waals surface area contributed by atoms with Crippen LogP contribution in [0.1, 0.15) is 84.0 Å². The normalized spacial score (nSPS) is 9.88. The van der Waals surface area contributed by atoms with Crippen LogP contribution in [0, 0.1) is 18.8 Å². The average Bonchev–Trinajstić information content (AvgIpc) is 2.31. The second-order valence-corrected chi connectivity index (χ2v) is 4.54. The molecule has 0 aliphatic carbocycles. The molecular weight excluding hydrogens is 192 g/mol. The van der Waals surface area contributed by atoms with Crippen LogP contribution in [-0.4, -0.2) is 0 Å². The molecule has 0 unspecified atom stereocenters. The molecule has 0 aromatic heterocycles. The molecule has 0 aromatic rings. The Balaban J connectivity index is 3.03. The van der Waals surface area contributed by atoms with Crippen molar-refractivity contribution in [3.63, 3.8) is 0 Å². The minimum Gasteiger partial charge on any atom is -0.103 e. The second-order valence-electron chi connectivity index (χ2n) is 4.54. The molecular formula is C16H29. The molecule has 0 aromatic carbocycles. The van der Waals surface area contributed by atoms with Gasteiger partial charge in [-0.1, -0.05) is 65.2 Å². The standard InChI is InChI=1S/C16H29/c1-3-5-7-9-11-13-15-16-14-12-10-8-6-4-2/h1,3-12,14,16H2,2H3. The monoisotopic (exact) mass is 221 g/mol. The highest BCUT2D eigenvalue weighted by Crippen LogP contribution is 2.06. The zero-order valence-corrected chi connectivity index (χ0v) is 11.2. The van der Waals surface area contributed by atoms with Crippen LogP contribution in [0.25, 0.3) is 0 Å². The molecule has 0 atom stereocenters. The van der Waals surface area contributed by atoms with E-state index in [1.54, 1.807) is 0 Å². The summed E-state index contributed by atoms with van der Waals surface area (Å²) in [7, 11) is 0. The molecule has 0 aliphatic heterocycles. The first-order valence-corrected chi connectivity index (χ1v) is 7.16. The van der Waals surface area contributed by atoms with Gasteiger partial charge < -0.3 is 0 Å². The lowest BCUT2D eigenvalue weighted by atomic mass is 10.1. The first-order chi connectivity index (χ1) is 7.91. The van der Waals surface area contributed by atoms with Crippen molar-refractivity contribution in [2.75, 3.05) is 0 Å². The third-order valence-corrected chi connectivity index (χ3v) is 2.83. The Bertz CT molecular complexity index is 170. The molecule has 0 spiro atoms. The van der Waals surface area contributed by atoms with E-state index in [1.807, 2.05) is 0 Å². The maximum atomic E-state index is 3.84. The zero-order chi connectivity index (χ0) is 11.9. The molecule has 0 bridgehead atoms. The third kappa shape index (κ3) is 13.6. The van der Waals surface area contributed by atoms with E-state index in [0.717, 1.165) is 19.3 Å². The maximum absolute atomic E-state index is 3.84. The van der Waals surface area contributed by atoms with Crippen molar-refractivity contribution in [2.24, 2.45) is 0 Å². The number of unbranched alkanes of at least 4 members (excludes halogenated alkanes) is 10. The summed E-state index contributed by atoms with van der Waals surface area (Å²) in [5.74, 6) is 6.56. The van der Waals surface area contributed by atoms with Gasteiger partial charge in [-0.15, -0.1) is 11.8 Å². The van der Waals surface area contributed by atoms with Gasteiger partial charge in [0.05, 0.1) is 0 Å². The Morgan fingerprint density at radius 3 is 1.75 bits per heavy atom. The van der Waals surface area contributed by atoms with Gasteiger partial charge in [-0.05, 0) is 12.8 Å². The van der Waals surface area contributed by atoms with E-state index in [1.165, 1.54) is 57.8 Å². The summed E-state index contributed by atoms with van der Waals surface area (Å²) in [6.07, 6.45) is 15.3. The molecule has 0 rings (SSSR count). The summed E-state index contributed by atoms with van der Waals surface area (Å²) < 4.78 is 0. The third-order valence-electron chi connectivity index (χ3n) is 2.83. The maximum Gasteiger partial charge on any atom is 0.00886 e. The lowest BCUT2D eigenvalue weighted by Gasteiger charge is -1.96. The Morgan fingerprint density at radius 2 is 1.19 bits per heavy atom. The summed E-state index contributed by atoms with van der Waals surface area (Å²) in [5.41, 5.74) is 0. The van der Waals surface area contributed by atoms with E-state index in [9.17, 15) is 0 Å². The van der Waals surface area contributed by atoms with Gasteiger partial charge in [0, 0.05) is 12.8 Å². The molecule has 0 heterocycles. The lowest BCUT2D eigenvalue weighted by molar-refractivity contribution is 0.613. The van der Waals surface area contributed by atoms with Crippen molar-refractivity contribution in [2.45, 2.75) is 84.0 Å². The predicted molar refractivity (Wildman–Crippen MR) is 74.2 cm³/mol. The van der Waals surface area contributed by atoms with Gasteiger partial charge in [-0.2, -0.15) is 0 Å². The van der Waals surface area contributed by atoms with Crippen LogP contribution >= 0.6 is 0 Å². The molecule has 0 fully saturated rings. The SMILES string of the molecule is [CH2]CCCCCC#CCCCCCCCC. The van der Waals surface area contributed by atoms with E-state index in [4.69, 9.17) is 0 Å². The van der Waals surface area contributed by atoms with Gasteiger partial charge in [0.25, 0.3) is 0 Å². The van der Waals surface area contributed by atoms with Gasteiger partial charge >= 0.3 is 0 Å². The second kappa shape index (κ2) is 14.6. The van der Waals surface area contributed by atoms with E-state index < -0.39 is 0 Å². The largest absolute Gasteiger partial charge is 0.103 e. The Labute approximate surface area is 103 Å². The molecule has 0 saturated heterocycles. The van der Waals surface area contributed by atoms with Crippen LogP contribution in [0.2, 0.25) is 0 Å². The van der Waals surface area contributed by atoms with Gasteiger partial charge in [0.15, 0.2) is 0 Å². The molecule has 0 N–H and O–H groups in total. The van der Waals surface area contributed by atoms with Gasteiger partial charge in [-0.25, -0.2) is 0 Å². The van der Waals surface area contributed by atoms with Crippen molar-refractivity contribution in [1.29, 1.82) is 0 Å². The van der Waals surface area contributed by atoms with Gasteiger partial charge in [0.1, 0.15) is 0 Å². The highest BCUT2D eigenvalue weighted by molar-refractivity contribution is 4.98. The van der Waals surface area contributed by atoms with E-state index in [-0.39, 0.29) is 0 Å². The van der Waals surface area contributed by atoms with E-state index >= 15 is 0 Å². The minimum absolute atomic E-state index is 1.07. The fraction of sp³-hybridized carbons (Fsp3) is 0.812. The van der Waals surface area contributed by atoms with E-state index in [2.05, 4.69) is 25.7 Å². The molecule has 0 nitrogen and oxygen atoms in total. The Morgan fingerprint density at radius 1 is 0.688 bits per heavy atom.